The maximum absolute atomic E-state index is 12.7. The fraction of sp³-hybridized carbons (Fsp3) is 0.778. The first-order valence-electron chi connectivity index (χ1n) is 4.57. The standard InChI is InChI=1S/C9H6F8N2/c10-5(11)8(14,15)1-7(3-18,4-19)2-9(16,17)6(12)13/h5-6H,1-2H2. The molecule has 0 aromatic heterocycles. The molecule has 19 heavy (non-hydrogen) atoms. The molecule has 108 valence electrons. The lowest BCUT2D eigenvalue weighted by Gasteiger charge is -2.27. The Bertz CT molecular complexity index is 354. The van der Waals surface area contributed by atoms with Gasteiger partial charge in [0.2, 0.25) is 0 Å². The number of halogens is 8. The summed E-state index contributed by atoms with van der Waals surface area (Å²) in [4.78, 5) is 0. The lowest BCUT2D eigenvalue weighted by molar-refractivity contribution is -0.168. The number of nitrogens with zero attached hydrogens (tertiary/aromatic N) is 2. The largest absolute Gasteiger partial charge is 0.310 e. The minimum absolute atomic E-state index is 0.699. The molecule has 0 unspecified atom stereocenters. The Morgan fingerprint density at radius 2 is 1.00 bits per heavy atom. The summed E-state index contributed by atoms with van der Waals surface area (Å²) in [5, 5.41) is 16.9. The minimum Gasteiger partial charge on any atom is -0.204 e. The van der Waals surface area contributed by atoms with Crippen LogP contribution in [0.2, 0.25) is 0 Å². The van der Waals surface area contributed by atoms with Crippen LogP contribution in [0.15, 0.2) is 0 Å². The first kappa shape index (κ1) is 17.4. The summed E-state index contributed by atoms with van der Waals surface area (Å²) in [7, 11) is 0. The highest BCUT2D eigenvalue weighted by Gasteiger charge is 2.55. The highest BCUT2D eigenvalue weighted by molar-refractivity contribution is 5.17. The van der Waals surface area contributed by atoms with Gasteiger partial charge in [-0.05, 0) is 0 Å². The van der Waals surface area contributed by atoms with Gasteiger partial charge in [0.15, 0.2) is 5.41 Å². The summed E-state index contributed by atoms with van der Waals surface area (Å²) >= 11 is 0. The van der Waals surface area contributed by atoms with Gasteiger partial charge in [0.05, 0.1) is 12.1 Å². The third kappa shape index (κ3) is 4.23. The Labute approximate surface area is 102 Å². The first-order valence-corrected chi connectivity index (χ1v) is 4.57. The van der Waals surface area contributed by atoms with Crippen molar-refractivity contribution in [2.45, 2.75) is 37.5 Å². The van der Waals surface area contributed by atoms with Gasteiger partial charge in [0.25, 0.3) is 0 Å². The van der Waals surface area contributed by atoms with Crippen LogP contribution in [-0.4, -0.2) is 24.7 Å². The van der Waals surface area contributed by atoms with Crippen molar-refractivity contribution in [2.24, 2.45) is 5.41 Å². The highest BCUT2D eigenvalue weighted by atomic mass is 19.3. The average Bonchev–Trinajstić information content (AvgIpc) is 2.26. The van der Waals surface area contributed by atoms with Gasteiger partial charge in [-0.2, -0.15) is 10.5 Å². The molecule has 2 nitrogen and oxygen atoms in total. The molecule has 0 saturated carbocycles. The van der Waals surface area contributed by atoms with Crippen LogP contribution in [0.4, 0.5) is 35.1 Å². The van der Waals surface area contributed by atoms with Gasteiger partial charge < -0.3 is 0 Å². The number of hydrogen-bond acceptors (Lipinski definition) is 2. The van der Waals surface area contributed by atoms with Gasteiger partial charge in [0.1, 0.15) is 0 Å². The lowest BCUT2D eigenvalue weighted by Crippen LogP contribution is -2.40. The highest BCUT2D eigenvalue weighted by Crippen LogP contribution is 2.43. The van der Waals surface area contributed by atoms with E-state index >= 15 is 0 Å². The van der Waals surface area contributed by atoms with Crippen LogP contribution in [0.1, 0.15) is 12.8 Å². The van der Waals surface area contributed by atoms with Crippen molar-refractivity contribution in [1.29, 1.82) is 10.5 Å². The van der Waals surface area contributed by atoms with E-state index in [1.54, 1.807) is 0 Å². The van der Waals surface area contributed by atoms with Crippen molar-refractivity contribution >= 4 is 0 Å². The van der Waals surface area contributed by atoms with Crippen molar-refractivity contribution in [3.8, 4) is 12.1 Å². The van der Waals surface area contributed by atoms with Crippen LogP contribution in [-0.2, 0) is 0 Å². The van der Waals surface area contributed by atoms with Crippen molar-refractivity contribution in [2.75, 3.05) is 0 Å². The number of nitriles is 2. The molecule has 0 saturated heterocycles. The van der Waals surface area contributed by atoms with E-state index in [4.69, 9.17) is 10.5 Å². The fourth-order valence-electron chi connectivity index (χ4n) is 1.20. The third-order valence-electron chi connectivity index (χ3n) is 2.14. The monoisotopic (exact) mass is 294 g/mol. The van der Waals surface area contributed by atoms with Crippen LogP contribution in [0.25, 0.3) is 0 Å². The van der Waals surface area contributed by atoms with Crippen LogP contribution in [0.3, 0.4) is 0 Å². The van der Waals surface area contributed by atoms with Gasteiger partial charge in [-0.25, -0.2) is 35.1 Å². The van der Waals surface area contributed by atoms with Crippen molar-refractivity contribution in [1.82, 2.24) is 0 Å². The molecule has 10 heteroatoms. The maximum Gasteiger partial charge on any atom is 0.310 e. The molecule has 0 spiro atoms. The van der Waals surface area contributed by atoms with E-state index < -0.39 is 43.0 Å². The molecule has 0 fully saturated rings. The average molecular weight is 294 g/mol. The predicted octanol–water partition coefficient (Wildman–Crippen LogP) is 3.60. The molecule has 0 aromatic rings. The molecule has 0 atom stereocenters. The Morgan fingerprint density at radius 1 is 0.737 bits per heavy atom. The summed E-state index contributed by atoms with van der Waals surface area (Å²) in [6.07, 6.45) is -13.1. The Morgan fingerprint density at radius 3 is 1.16 bits per heavy atom. The molecule has 0 bridgehead atoms. The first-order chi connectivity index (χ1) is 8.42. The normalized spacial score (nSPS) is 13.5. The second-order valence-corrected chi connectivity index (χ2v) is 3.78. The van der Waals surface area contributed by atoms with E-state index in [9.17, 15) is 35.1 Å². The summed E-state index contributed by atoms with van der Waals surface area (Å²) < 4.78 is 98.4. The molecule has 0 aliphatic rings. The van der Waals surface area contributed by atoms with E-state index in [0.717, 1.165) is 0 Å². The van der Waals surface area contributed by atoms with Gasteiger partial charge in [-0.3, -0.25) is 0 Å². The molecule has 0 aliphatic carbocycles. The zero-order valence-electron chi connectivity index (χ0n) is 8.99. The summed E-state index contributed by atoms with van der Waals surface area (Å²) in [6, 6.07) is 1.40. The number of alkyl halides is 8. The fourth-order valence-corrected chi connectivity index (χ4v) is 1.20. The second kappa shape index (κ2) is 5.59. The van der Waals surface area contributed by atoms with Gasteiger partial charge in [-0.1, -0.05) is 0 Å². The van der Waals surface area contributed by atoms with E-state index in [2.05, 4.69) is 0 Å². The van der Waals surface area contributed by atoms with E-state index in [0.29, 0.717) is 12.1 Å². The molecular weight excluding hydrogens is 288 g/mol. The molecule has 0 radical (unpaired) electrons. The maximum atomic E-state index is 12.7. The summed E-state index contributed by atoms with van der Waals surface area (Å²) in [6.45, 7) is 0. The van der Waals surface area contributed by atoms with E-state index in [-0.39, 0.29) is 0 Å². The molecule has 0 heterocycles. The number of hydrogen-bond donors (Lipinski definition) is 0. The predicted molar refractivity (Wildman–Crippen MR) is 44.8 cm³/mol. The summed E-state index contributed by atoms with van der Waals surface area (Å²) in [5.74, 6) is -9.83. The molecule has 0 N–H and O–H groups in total. The van der Waals surface area contributed by atoms with Crippen LogP contribution >= 0.6 is 0 Å². The van der Waals surface area contributed by atoms with Crippen LogP contribution in [0.5, 0.6) is 0 Å². The van der Waals surface area contributed by atoms with Gasteiger partial charge in [-0.15, -0.1) is 0 Å². The van der Waals surface area contributed by atoms with Crippen molar-refractivity contribution < 1.29 is 35.1 Å². The summed E-state index contributed by atoms with van der Waals surface area (Å²) in [5.41, 5.74) is -3.33. The molecule has 0 aromatic carbocycles. The van der Waals surface area contributed by atoms with Gasteiger partial charge in [0, 0.05) is 12.8 Å². The zero-order chi connectivity index (χ0) is 15.5. The third-order valence-corrected chi connectivity index (χ3v) is 2.14. The Hall–Kier alpha value is -1.58. The van der Waals surface area contributed by atoms with Gasteiger partial charge >= 0.3 is 24.7 Å². The molecular formula is C9H6F8N2. The zero-order valence-corrected chi connectivity index (χ0v) is 8.99. The Kier molecular flexibility index (Phi) is 5.13. The second-order valence-electron chi connectivity index (χ2n) is 3.78. The van der Waals surface area contributed by atoms with Crippen molar-refractivity contribution in [3.63, 3.8) is 0 Å². The number of rotatable bonds is 6. The van der Waals surface area contributed by atoms with Crippen LogP contribution < -0.4 is 0 Å². The van der Waals surface area contributed by atoms with Crippen LogP contribution in [0, 0.1) is 28.1 Å². The molecule has 0 aliphatic heterocycles. The minimum atomic E-state index is -4.91. The van der Waals surface area contributed by atoms with E-state index in [1.807, 2.05) is 0 Å². The smallest absolute Gasteiger partial charge is 0.204 e. The van der Waals surface area contributed by atoms with Crippen molar-refractivity contribution in [3.05, 3.63) is 0 Å². The SMILES string of the molecule is N#CC(C#N)(CC(F)(F)C(F)F)CC(F)(F)C(F)F. The quantitative estimate of drug-likeness (QED) is 0.703. The molecule has 0 amide bonds. The molecule has 0 rings (SSSR count). The Balaban J connectivity index is 5.33. The lowest BCUT2D eigenvalue weighted by atomic mass is 9.79. The topological polar surface area (TPSA) is 47.6 Å². The van der Waals surface area contributed by atoms with E-state index in [1.165, 1.54) is 0 Å².